The zero-order valence-electron chi connectivity index (χ0n) is 9.22. The van der Waals surface area contributed by atoms with E-state index in [2.05, 4.69) is 5.32 Å². The van der Waals surface area contributed by atoms with Crippen LogP contribution in [0.3, 0.4) is 0 Å². The van der Waals surface area contributed by atoms with Gasteiger partial charge in [-0.25, -0.2) is 0 Å². The van der Waals surface area contributed by atoms with Crippen molar-refractivity contribution < 1.29 is 10.2 Å². The summed E-state index contributed by atoms with van der Waals surface area (Å²) in [7, 11) is 0. The molecule has 2 atom stereocenters. The van der Waals surface area contributed by atoms with E-state index in [9.17, 15) is 10.2 Å². The highest BCUT2D eigenvalue weighted by Gasteiger charge is 2.17. The SMILES string of the molecule is CCNCc1cccc(C(O)C(O)C#N)c1. The Bertz CT molecular complexity index is 374. The molecule has 0 bridgehead atoms. The number of hydrogen-bond donors (Lipinski definition) is 3. The van der Waals surface area contributed by atoms with Gasteiger partial charge in [-0.2, -0.15) is 5.26 Å². The van der Waals surface area contributed by atoms with Crippen LogP contribution in [0.1, 0.15) is 24.2 Å². The number of nitrogens with zero attached hydrogens (tertiary/aromatic N) is 1. The van der Waals surface area contributed by atoms with Gasteiger partial charge in [0, 0.05) is 6.54 Å². The quantitative estimate of drug-likeness (QED) is 0.639. The van der Waals surface area contributed by atoms with E-state index in [1.165, 1.54) is 0 Å². The van der Waals surface area contributed by atoms with Crippen LogP contribution in [-0.4, -0.2) is 22.9 Å². The first-order chi connectivity index (χ1) is 7.69. The van der Waals surface area contributed by atoms with Crippen LogP contribution in [0.2, 0.25) is 0 Å². The Morgan fingerprint density at radius 3 is 2.81 bits per heavy atom. The molecule has 0 radical (unpaired) electrons. The molecule has 86 valence electrons. The molecule has 0 aliphatic carbocycles. The van der Waals surface area contributed by atoms with Crippen molar-refractivity contribution in [3.05, 3.63) is 35.4 Å². The third-order valence-electron chi connectivity index (χ3n) is 2.30. The Morgan fingerprint density at radius 1 is 1.44 bits per heavy atom. The first-order valence-electron chi connectivity index (χ1n) is 5.24. The molecule has 0 aromatic heterocycles. The minimum absolute atomic E-state index is 0.560. The molecule has 0 amide bonds. The van der Waals surface area contributed by atoms with Crippen LogP contribution in [-0.2, 0) is 6.54 Å². The highest BCUT2D eigenvalue weighted by atomic mass is 16.3. The van der Waals surface area contributed by atoms with Crippen LogP contribution < -0.4 is 5.32 Å². The maximum absolute atomic E-state index is 9.65. The summed E-state index contributed by atoms with van der Waals surface area (Å²) >= 11 is 0. The molecule has 0 heterocycles. The second-order valence-corrected chi connectivity index (χ2v) is 3.54. The van der Waals surface area contributed by atoms with Crippen molar-refractivity contribution in [1.29, 1.82) is 5.26 Å². The lowest BCUT2D eigenvalue weighted by Crippen LogP contribution is -2.16. The van der Waals surface area contributed by atoms with Gasteiger partial charge in [0.2, 0.25) is 0 Å². The van der Waals surface area contributed by atoms with Crippen LogP contribution in [0.4, 0.5) is 0 Å². The normalized spacial score (nSPS) is 14.1. The molecule has 1 rings (SSSR count). The second kappa shape index (κ2) is 6.23. The molecule has 16 heavy (non-hydrogen) atoms. The zero-order valence-corrected chi connectivity index (χ0v) is 9.22. The largest absolute Gasteiger partial charge is 0.385 e. The van der Waals surface area contributed by atoms with Crippen molar-refractivity contribution in [2.24, 2.45) is 0 Å². The van der Waals surface area contributed by atoms with Crippen molar-refractivity contribution >= 4 is 0 Å². The average molecular weight is 220 g/mol. The Labute approximate surface area is 95.2 Å². The van der Waals surface area contributed by atoms with E-state index >= 15 is 0 Å². The Balaban J connectivity index is 2.78. The van der Waals surface area contributed by atoms with Crippen LogP contribution >= 0.6 is 0 Å². The van der Waals surface area contributed by atoms with Gasteiger partial charge >= 0.3 is 0 Å². The maximum atomic E-state index is 9.65. The predicted octanol–water partition coefficient (Wildman–Crippen LogP) is 0.714. The van der Waals surface area contributed by atoms with Crippen molar-refractivity contribution in [1.82, 2.24) is 5.32 Å². The molecule has 0 saturated heterocycles. The summed E-state index contributed by atoms with van der Waals surface area (Å²) in [4.78, 5) is 0. The zero-order chi connectivity index (χ0) is 12.0. The molecule has 0 aliphatic rings. The molecule has 1 aromatic carbocycles. The smallest absolute Gasteiger partial charge is 0.170 e. The number of benzene rings is 1. The third kappa shape index (κ3) is 3.31. The van der Waals surface area contributed by atoms with Crippen LogP contribution in [0.15, 0.2) is 24.3 Å². The maximum Gasteiger partial charge on any atom is 0.170 e. The van der Waals surface area contributed by atoms with Crippen LogP contribution in [0.5, 0.6) is 0 Å². The van der Waals surface area contributed by atoms with E-state index in [0.29, 0.717) is 12.1 Å². The number of nitrogens with one attached hydrogen (secondary N) is 1. The fraction of sp³-hybridized carbons (Fsp3) is 0.417. The number of nitriles is 1. The summed E-state index contributed by atoms with van der Waals surface area (Å²) < 4.78 is 0. The predicted molar refractivity (Wildman–Crippen MR) is 60.4 cm³/mol. The Morgan fingerprint density at radius 2 is 2.19 bits per heavy atom. The van der Waals surface area contributed by atoms with Gasteiger partial charge in [0.15, 0.2) is 6.10 Å². The van der Waals surface area contributed by atoms with Crippen molar-refractivity contribution in [3.63, 3.8) is 0 Å². The molecule has 4 nitrogen and oxygen atoms in total. The summed E-state index contributed by atoms with van der Waals surface area (Å²) in [5.74, 6) is 0. The molecule has 0 fully saturated rings. The second-order valence-electron chi connectivity index (χ2n) is 3.54. The summed E-state index contributed by atoms with van der Waals surface area (Å²) in [6.07, 6.45) is -2.53. The summed E-state index contributed by atoms with van der Waals surface area (Å²) in [6.45, 7) is 3.59. The van der Waals surface area contributed by atoms with Gasteiger partial charge in [-0.1, -0.05) is 31.2 Å². The average Bonchev–Trinajstić information content (AvgIpc) is 2.34. The minimum Gasteiger partial charge on any atom is -0.385 e. The van der Waals surface area contributed by atoms with E-state index < -0.39 is 12.2 Å². The number of aliphatic hydroxyl groups excluding tert-OH is 2. The monoisotopic (exact) mass is 220 g/mol. The lowest BCUT2D eigenvalue weighted by molar-refractivity contribution is 0.0527. The molecular formula is C12H16N2O2. The first kappa shape index (κ1) is 12.7. The van der Waals surface area contributed by atoms with Gasteiger partial charge in [-0.3, -0.25) is 0 Å². The Hall–Kier alpha value is -1.41. The van der Waals surface area contributed by atoms with Crippen molar-refractivity contribution in [3.8, 4) is 6.07 Å². The van der Waals surface area contributed by atoms with E-state index in [-0.39, 0.29) is 0 Å². The third-order valence-corrected chi connectivity index (χ3v) is 2.30. The van der Waals surface area contributed by atoms with Gasteiger partial charge in [0.05, 0.1) is 6.07 Å². The lowest BCUT2D eigenvalue weighted by Gasteiger charge is -2.13. The molecule has 0 saturated carbocycles. The minimum atomic E-state index is -1.38. The summed E-state index contributed by atoms with van der Waals surface area (Å²) in [6, 6.07) is 8.83. The van der Waals surface area contributed by atoms with E-state index in [0.717, 1.165) is 12.1 Å². The van der Waals surface area contributed by atoms with Crippen LogP contribution in [0, 0.1) is 11.3 Å². The van der Waals surface area contributed by atoms with Gasteiger partial charge in [-0.05, 0) is 17.7 Å². The fourth-order valence-electron chi connectivity index (χ4n) is 1.41. The molecule has 1 aromatic rings. The topological polar surface area (TPSA) is 76.3 Å². The number of aliphatic hydroxyl groups is 2. The highest BCUT2D eigenvalue weighted by Crippen LogP contribution is 2.17. The van der Waals surface area contributed by atoms with E-state index in [1.807, 2.05) is 13.0 Å². The first-order valence-corrected chi connectivity index (χ1v) is 5.24. The molecule has 0 spiro atoms. The van der Waals surface area contributed by atoms with Gasteiger partial charge in [0.25, 0.3) is 0 Å². The molecule has 4 heteroatoms. The fourth-order valence-corrected chi connectivity index (χ4v) is 1.41. The summed E-state index contributed by atoms with van der Waals surface area (Å²) in [5.41, 5.74) is 1.58. The molecule has 3 N–H and O–H groups in total. The van der Waals surface area contributed by atoms with E-state index in [4.69, 9.17) is 5.26 Å². The van der Waals surface area contributed by atoms with Gasteiger partial charge < -0.3 is 15.5 Å². The van der Waals surface area contributed by atoms with Crippen LogP contribution in [0.25, 0.3) is 0 Å². The standard InChI is InChI=1S/C12H16N2O2/c1-2-14-8-9-4-3-5-10(6-9)12(16)11(15)7-13/h3-6,11-12,14-16H,2,8H2,1H3. The van der Waals surface area contributed by atoms with E-state index in [1.54, 1.807) is 24.3 Å². The summed E-state index contributed by atoms with van der Waals surface area (Å²) in [5, 5.41) is 30.5. The van der Waals surface area contributed by atoms with Gasteiger partial charge in [-0.15, -0.1) is 0 Å². The van der Waals surface area contributed by atoms with Crippen molar-refractivity contribution in [2.75, 3.05) is 6.54 Å². The highest BCUT2D eigenvalue weighted by molar-refractivity contribution is 5.26. The Kier molecular flexibility index (Phi) is 4.93. The molecule has 0 aliphatic heterocycles. The number of hydrogen-bond acceptors (Lipinski definition) is 4. The molecular weight excluding hydrogens is 204 g/mol. The lowest BCUT2D eigenvalue weighted by atomic mass is 10.0. The van der Waals surface area contributed by atoms with Gasteiger partial charge in [0.1, 0.15) is 6.10 Å². The molecule has 2 unspecified atom stereocenters. The van der Waals surface area contributed by atoms with Crippen molar-refractivity contribution in [2.45, 2.75) is 25.7 Å². The number of rotatable bonds is 5.